The Morgan fingerprint density at radius 2 is 2.05 bits per heavy atom. The maximum atomic E-state index is 11.9. The van der Waals surface area contributed by atoms with Gasteiger partial charge >= 0.3 is 5.97 Å². The molecule has 1 fully saturated rings. The summed E-state index contributed by atoms with van der Waals surface area (Å²) < 4.78 is 10.7. The van der Waals surface area contributed by atoms with Crippen molar-refractivity contribution in [2.45, 2.75) is 20.0 Å². The van der Waals surface area contributed by atoms with Gasteiger partial charge in [-0.05, 0) is 31.0 Å². The number of hydrogen-bond donors (Lipinski definition) is 2. The van der Waals surface area contributed by atoms with Crippen molar-refractivity contribution >= 4 is 17.6 Å². The Morgan fingerprint density at radius 3 is 2.73 bits per heavy atom. The van der Waals surface area contributed by atoms with Gasteiger partial charge in [-0.3, -0.25) is 9.59 Å². The maximum Gasteiger partial charge on any atom is 0.307 e. The van der Waals surface area contributed by atoms with Crippen molar-refractivity contribution in [3.05, 3.63) is 29.8 Å². The van der Waals surface area contributed by atoms with E-state index in [0.29, 0.717) is 38.5 Å². The van der Waals surface area contributed by atoms with Gasteiger partial charge < -0.3 is 19.9 Å². The first-order chi connectivity index (χ1) is 10.6. The SMILES string of the molecule is CCOCCOCc1cccc(NC(=O)C2CC2C(=O)O)c1. The smallest absolute Gasteiger partial charge is 0.307 e. The van der Waals surface area contributed by atoms with Crippen molar-refractivity contribution in [1.82, 2.24) is 0 Å². The van der Waals surface area contributed by atoms with Crippen LogP contribution < -0.4 is 5.32 Å². The number of anilines is 1. The fourth-order valence-electron chi connectivity index (χ4n) is 2.18. The Bertz CT molecular complexity index is 531. The second-order valence-corrected chi connectivity index (χ2v) is 5.23. The Kier molecular flexibility index (Phi) is 5.91. The lowest BCUT2D eigenvalue weighted by Crippen LogP contribution is -2.16. The second-order valence-electron chi connectivity index (χ2n) is 5.23. The highest BCUT2D eigenvalue weighted by Gasteiger charge is 2.48. The first-order valence-corrected chi connectivity index (χ1v) is 7.40. The van der Waals surface area contributed by atoms with Gasteiger partial charge in [-0.2, -0.15) is 0 Å². The van der Waals surface area contributed by atoms with Gasteiger partial charge in [-0.15, -0.1) is 0 Å². The molecule has 2 unspecified atom stereocenters. The van der Waals surface area contributed by atoms with E-state index in [4.69, 9.17) is 14.6 Å². The molecule has 1 aromatic carbocycles. The molecule has 0 radical (unpaired) electrons. The molecule has 120 valence electrons. The highest BCUT2D eigenvalue weighted by molar-refractivity contribution is 5.98. The zero-order valence-electron chi connectivity index (χ0n) is 12.6. The van der Waals surface area contributed by atoms with Crippen LogP contribution in [0.4, 0.5) is 5.69 Å². The van der Waals surface area contributed by atoms with Crippen LogP contribution in [-0.4, -0.2) is 36.8 Å². The first kappa shape index (κ1) is 16.5. The number of carboxylic acid groups (broad SMARTS) is 1. The zero-order valence-corrected chi connectivity index (χ0v) is 12.6. The summed E-state index contributed by atoms with van der Waals surface area (Å²) in [6.07, 6.45) is 0.418. The van der Waals surface area contributed by atoms with Crippen LogP contribution in [0.25, 0.3) is 0 Å². The molecule has 1 aliphatic carbocycles. The maximum absolute atomic E-state index is 11.9. The minimum atomic E-state index is -0.906. The lowest BCUT2D eigenvalue weighted by molar-refractivity contribution is -0.139. The molecule has 0 heterocycles. The number of rotatable bonds is 9. The zero-order chi connectivity index (χ0) is 15.9. The van der Waals surface area contributed by atoms with E-state index in [9.17, 15) is 9.59 Å². The normalized spacial score (nSPS) is 19.7. The van der Waals surface area contributed by atoms with Crippen LogP contribution in [0.3, 0.4) is 0 Å². The number of carbonyl (C=O) groups is 2. The molecule has 1 aromatic rings. The number of carbonyl (C=O) groups excluding carboxylic acids is 1. The molecular weight excluding hydrogens is 286 g/mol. The third kappa shape index (κ3) is 4.82. The number of hydrogen-bond acceptors (Lipinski definition) is 4. The molecule has 0 saturated heterocycles. The van der Waals surface area contributed by atoms with Crippen molar-refractivity contribution in [1.29, 1.82) is 0 Å². The van der Waals surface area contributed by atoms with Gasteiger partial charge in [0.15, 0.2) is 0 Å². The van der Waals surface area contributed by atoms with Crippen molar-refractivity contribution in [3.63, 3.8) is 0 Å². The largest absolute Gasteiger partial charge is 0.481 e. The van der Waals surface area contributed by atoms with Crippen molar-refractivity contribution in [2.24, 2.45) is 11.8 Å². The number of benzene rings is 1. The average Bonchev–Trinajstić information content (AvgIpc) is 3.28. The van der Waals surface area contributed by atoms with Crippen LogP contribution in [0.5, 0.6) is 0 Å². The van der Waals surface area contributed by atoms with E-state index in [1.54, 1.807) is 6.07 Å². The number of aliphatic carboxylic acids is 1. The monoisotopic (exact) mass is 307 g/mol. The quantitative estimate of drug-likeness (QED) is 0.681. The van der Waals surface area contributed by atoms with Crippen LogP contribution in [0.15, 0.2) is 24.3 Å². The number of nitrogens with one attached hydrogen (secondary N) is 1. The lowest BCUT2D eigenvalue weighted by atomic mass is 10.2. The summed E-state index contributed by atoms with van der Waals surface area (Å²) in [6, 6.07) is 7.35. The molecule has 6 nitrogen and oxygen atoms in total. The third-order valence-electron chi connectivity index (χ3n) is 3.48. The Morgan fingerprint density at radius 1 is 1.27 bits per heavy atom. The van der Waals surface area contributed by atoms with E-state index in [0.717, 1.165) is 5.56 Å². The van der Waals surface area contributed by atoms with Gasteiger partial charge in [0.2, 0.25) is 5.91 Å². The molecule has 1 amide bonds. The molecular formula is C16H21NO5. The van der Waals surface area contributed by atoms with E-state index in [1.807, 2.05) is 25.1 Å². The van der Waals surface area contributed by atoms with Crippen LogP contribution in [0, 0.1) is 11.8 Å². The number of amides is 1. The van der Waals surface area contributed by atoms with E-state index in [2.05, 4.69) is 5.32 Å². The Balaban J connectivity index is 1.79. The van der Waals surface area contributed by atoms with Gasteiger partial charge in [0.25, 0.3) is 0 Å². The molecule has 2 rings (SSSR count). The molecule has 0 bridgehead atoms. The van der Waals surface area contributed by atoms with Crippen molar-refractivity contribution < 1.29 is 24.2 Å². The van der Waals surface area contributed by atoms with E-state index >= 15 is 0 Å². The van der Waals surface area contributed by atoms with Crippen molar-refractivity contribution in [3.8, 4) is 0 Å². The topological polar surface area (TPSA) is 84.9 Å². The molecule has 0 aromatic heterocycles. The van der Waals surface area contributed by atoms with E-state index in [-0.39, 0.29) is 5.91 Å². The fraction of sp³-hybridized carbons (Fsp3) is 0.500. The summed E-state index contributed by atoms with van der Waals surface area (Å²) in [5.74, 6) is -2.09. The average molecular weight is 307 g/mol. The summed E-state index contributed by atoms with van der Waals surface area (Å²) in [4.78, 5) is 22.7. The van der Waals surface area contributed by atoms with Crippen LogP contribution in [-0.2, 0) is 25.7 Å². The molecule has 6 heteroatoms. The van der Waals surface area contributed by atoms with E-state index < -0.39 is 17.8 Å². The third-order valence-corrected chi connectivity index (χ3v) is 3.48. The van der Waals surface area contributed by atoms with Gasteiger partial charge in [-0.25, -0.2) is 0 Å². The molecule has 1 saturated carbocycles. The first-order valence-electron chi connectivity index (χ1n) is 7.40. The molecule has 0 spiro atoms. The Labute approximate surface area is 129 Å². The minimum absolute atomic E-state index is 0.234. The summed E-state index contributed by atoms with van der Waals surface area (Å²) in [5, 5.41) is 11.6. The summed E-state index contributed by atoms with van der Waals surface area (Å²) in [7, 11) is 0. The fourth-order valence-corrected chi connectivity index (χ4v) is 2.18. The second kappa shape index (κ2) is 7.91. The highest BCUT2D eigenvalue weighted by Crippen LogP contribution is 2.39. The number of carboxylic acids is 1. The summed E-state index contributed by atoms with van der Waals surface area (Å²) >= 11 is 0. The molecule has 1 aliphatic rings. The van der Waals surface area contributed by atoms with Gasteiger partial charge in [-0.1, -0.05) is 12.1 Å². The van der Waals surface area contributed by atoms with Crippen LogP contribution in [0.1, 0.15) is 18.9 Å². The minimum Gasteiger partial charge on any atom is -0.481 e. The molecule has 2 N–H and O–H groups in total. The van der Waals surface area contributed by atoms with Crippen LogP contribution >= 0.6 is 0 Å². The van der Waals surface area contributed by atoms with Crippen molar-refractivity contribution in [2.75, 3.05) is 25.1 Å². The molecule has 22 heavy (non-hydrogen) atoms. The van der Waals surface area contributed by atoms with Gasteiger partial charge in [0.05, 0.1) is 31.7 Å². The van der Waals surface area contributed by atoms with Crippen LogP contribution in [0.2, 0.25) is 0 Å². The Hall–Kier alpha value is -1.92. The number of ether oxygens (including phenoxy) is 2. The predicted octanol–water partition coefficient (Wildman–Crippen LogP) is 1.90. The summed E-state index contributed by atoms with van der Waals surface area (Å²) in [6.45, 7) is 4.13. The standard InChI is InChI=1S/C16H21NO5/c1-2-21-6-7-22-10-11-4-3-5-12(8-11)17-15(18)13-9-14(13)16(19)20/h3-5,8,13-14H,2,6-7,9-10H2,1H3,(H,17,18)(H,19,20). The molecule has 0 aliphatic heterocycles. The van der Waals surface area contributed by atoms with E-state index in [1.165, 1.54) is 0 Å². The lowest BCUT2D eigenvalue weighted by Gasteiger charge is -2.08. The van der Waals surface area contributed by atoms with Gasteiger partial charge in [0.1, 0.15) is 0 Å². The molecule has 2 atom stereocenters. The predicted molar refractivity (Wildman–Crippen MR) is 80.5 cm³/mol. The summed E-state index contributed by atoms with van der Waals surface area (Å²) in [5.41, 5.74) is 1.60. The van der Waals surface area contributed by atoms with Gasteiger partial charge in [0, 0.05) is 12.3 Å². The highest BCUT2D eigenvalue weighted by atomic mass is 16.5.